The fourth-order valence-electron chi connectivity index (χ4n) is 1.43. The number of nitrogens with one attached hydrogen (secondary N) is 1. The van der Waals surface area contributed by atoms with Gasteiger partial charge in [0, 0.05) is 13.2 Å². The van der Waals surface area contributed by atoms with E-state index in [1.807, 2.05) is 26.0 Å². The normalized spacial score (nSPS) is 11.2. The van der Waals surface area contributed by atoms with Crippen LogP contribution >= 0.6 is 0 Å². The molecule has 2 heterocycles. The number of aromatic nitrogens is 4. The van der Waals surface area contributed by atoms with E-state index in [-0.39, 0.29) is 0 Å². The molecule has 0 aliphatic heterocycles. The molecule has 0 saturated heterocycles. The van der Waals surface area contributed by atoms with Gasteiger partial charge in [0.2, 0.25) is 0 Å². The summed E-state index contributed by atoms with van der Waals surface area (Å²) in [6.45, 7) is 5.68. The van der Waals surface area contributed by atoms with Crippen molar-refractivity contribution < 1.29 is 4.74 Å². The molecule has 0 saturated carbocycles. The summed E-state index contributed by atoms with van der Waals surface area (Å²) in [6, 6.07) is 3.78. The maximum atomic E-state index is 5.45. The smallest absolute Gasteiger partial charge is 0.177 e. The number of rotatable bonds is 6. The van der Waals surface area contributed by atoms with Gasteiger partial charge in [-0.05, 0) is 32.4 Å². The van der Waals surface area contributed by atoms with Gasteiger partial charge in [-0.25, -0.2) is 0 Å². The Morgan fingerprint density at radius 3 is 3.12 bits per heavy atom. The minimum Gasteiger partial charge on any atom is -0.379 e. The van der Waals surface area contributed by atoms with Crippen molar-refractivity contribution in [1.82, 2.24) is 19.8 Å². The second-order valence-corrected chi connectivity index (χ2v) is 4.05. The van der Waals surface area contributed by atoms with Crippen LogP contribution in [0.3, 0.4) is 0 Å². The van der Waals surface area contributed by atoms with Crippen LogP contribution in [0.5, 0.6) is 0 Å². The van der Waals surface area contributed by atoms with E-state index in [1.165, 1.54) is 0 Å². The predicted molar refractivity (Wildman–Crippen MR) is 65.0 cm³/mol. The zero-order chi connectivity index (χ0) is 12.1. The summed E-state index contributed by atoms with van der Waals surface area (Å²) in [5, 5.41) is 15.2. The number of fused-ring (bicyclic) bond motifs is 1. The Morgan fingerprint density at radius 2 is 2.29 bits per heavy atom. The molecule has 0 amide bonds. The van der Waals surface area contributed by atoms with Crippen molar-refractivity contribution in [3.05, 3.63) is 18.5 Å². The molecule has 0 aliphatic rings. The highest BCUT2D eigenvalue weighted by Gasteiger charge is 1.98. The summed E-state index contributed by atoms with van der Waals surface area (Å²) in [4.78, 5) is 0. The molecule has 0 radical (unpaired) electrons. The van der Waals surface area contributed by atoms with E-state index in [0.29, 0.717) is 6.10 Å². The Balaban J connectivity index is 1.78. The van der Waals surface area contributed by atoms with Gasteiger partial charge in [0.25, 0.3) is 0 Å². The highest BCUT2D eigenvalue weighted by atomic mass is 16.5. The lowest BCUT2D eigenvalue weighted by Gasteiger charge is -2.08. The zero-order valence-corrected chi connectivity index (χ0v) is 10.1. The van der Waals surface area contributed by atoms with Crippen molar-refractivity contribution in [3.63, 3.8) is 0 Å². The van der Waals surface area contributed by atoms with Crippen LogP contribution < -0.4 is 5.32 Å². The number of nitrogens with zero attached hydrogens (tertiary/aromatic N) is 4. The lowest BCUT2D eigenvalue weighted by atomic mass is 10.4. The van der Waals surface area contributed by atoms with Crippen LogP contribution in [0.2, 0.25) is 0 Å². The minimum absolute atomic E-state index is 0.293. The van der Waals surface area contributed by atoms with Gasteiger partial charge in [-0.1, -0.05) is 0 Å². The van der Waals surface area contributed by atoms with Crippen molar-refractivity contribution in [2.45, 2.75) is 26.4 Å². The van der Waals surface area contributed by atoms with E-state index in [1.54, 1.807) is 10.8 Å². The second-order valence-electron chi connectivity index (χ2n) is 4.05. The number of ether oxygens (including phenoxy) is 1. The average Bonchev–Trinajstić information content (AvgIpc) is 2.75. The number of anilines is 1. The number of hydrogen-bond donors (Lipinski definition) is 1. The molecule has 0 bridgehead atoms. The zero-order valence-electron chi connectivity index (χ0n) is 10.1. The topological polar surface area (TPSA) is 64.3 Å². The van der Waals surface area contributed by atoms with E-state index >= 15 is 0 Å². The van der Waals surface area contributed by atoms with Gasteiger partial charge in [-0.2, -0.15) is 4.52 Å². The van der Waals surface area contributed by atoms with E-state index in [0.717, 1.165) is 31.0 Å². The van der Waals surface area contributed by atoms with Gasteiger partial charge in [0.1, 0.15) is 12.1 Å². The van der Waals surface area contributed by atoms with Gasteiger partial charge in [-0.15, -0.1) is 15.3 Å². The fourth-order valence-corrected chi connectivity index (χ4v) is 1.43. The molecule has 6 nitrogen and oxygen atoms in total. The summed E-state index contributed by atoms with van der Waals surface area (Å²) >= 11 is 0. The van der Waals surface area contributed by atoms with Crippen LogP contribution in [0, 0.1) is 0 Å². The lowest BCUT2D eigenvalue weighted by Crippen LogP contribution is -2.10. The average molecular weight is 235 g/mol. The maximum Gasteiger partial charge on any atom is 0.177 e. The molecule has 0 aliphatic carbocycles. The Hall–Kier alpha value is -1.69. The summed E-state index contributed by atoms with van der Waals surface area (Å²) in [5.74, 6) is 0.821. The molecule has 1 N–H and O–H groups in total. The monoisotopic (exact) mass is 235 g/mol. The predicted octanol–water partition coefficient (Wildman–Crippen LogP) is 1.35. The third-order valence-corrected chi connectivity index (χ3v) is 2.24. The quantitative estimate of drug-likeness (QED) is 0.766. The second kappa shape index (κ2) is 5.58. The van der Waals surface area contributed by atoms with Crippen LogP contribution in [0.1, 0.15) is 20.3 Å². The molecule has 0 unspecified atom stereocenters. The van der Waals surface area contributed by atoms with Crippen LogP contribution in [-0.2, 0) is 4.74 Å². The van der Waals surface area contributed by atoms with Gasteiger partial charge in [-0.3, -0.25) is 0 Å². The minimum atomic E-state index is 0.293. The third kappa shape index (κ3) is 3.39. The molecule has 2 aromatic heterocycles. The molecule has 2 rings (SSSR count). The van der Waals surface area contributed by atoms with Crippen LogP contribution in [-0.4, -0.2) is 39.1 Å². The van der Waals surface area contributed by atoms with Crippen LogP contribution in [0.15, 0.2) is 18.5 Å². The first-order chi connectivity index (χ1) is 8.25. The molecule has 0 aromatic carbocycles. The molecule has 2 aromatic rings. The van der Waals surface area contributed by atoms with Crippen LogP contribution in [0.4, 0.5) is 5.82 Å². The molecule has 0 spiro atoms. The van der Waals surface area contributed by atoms with Crippen molar-refractivity contribution in [1.29, 1.82) is 0 Å². The molecule has 0 atom stereocenters. The first-order valence-corrected chi connectivity index (χ1v) is 5.78. The van der Waals surface area contributed by atoms with E-state index in [4.69, 9.17) is 4.74 Å². The fraction of sp³-hybridized carbons (Fsp3) is 0.545. The first kappa shape index (κ1) is 11.8. The van der Waals surface area contributed by atoms with E-state index in [2.05, 4.69) is 20.6 Å². The van der Waals surface area contributed by atoms with E-state index in [9.17, 15) is 0 Å². The largest absolute Gasteiger partial charge is 0.379 e. The maximum absolute atomic E-state index is 5.45. The summed E-state index contributed by atoms with van der Waals surface area (Å²) in [5.41, 5.74) is 0.749. The van der Waals surface area contributed by atoms with Gasteiger partial charge < -0.3 is 10.1 Å². The van der Waals surface area contributed by atoms with Crippen molar-refractivity contribution in [3.8, 4) is 0 Å². The number of hydrogen-bond acceptors (Lipinski definition) is 5. The Morgan fingerprint density at radius 1 is 1.41 bits per heavy atom. The molecule has 92 valence electrons. The lowest BCUT2D eigenvalue weighted by molar-refractivity contribution is 0.0787. The Labute approximate surface area is 100.0 Å². The molecule has 17 heavy (non-hydrogen) atoms. The molecule has 6 heteroatoms. The van der Waals surface area contributed by atoms with Gasteiger partial charge >= 0.3 is 0 Å². The third-order valence-electron chi connectivity index (χ3n) is 2.24. The first-order valence-electron chi connectivity index (χ1n) is 5.78. The highest BCUT2D eigenvalue weighted by Crippen LogP contribution is 2.04. The molecular formula is C11H17N5O. The van der Waals surface area contributed by atoms with E-state index < -0.39 is 0 Å². The van der Waals surface area contributed by atoms with Crippen molar-refractivity contribution in [2.75, 3.05) is 18.5 Å². The standard InChI is InChI=1S/C11H17N5O/c1-9(2)17-7-3-6-12-10-4-5-11-14-13-8-16(11)15-10/h4-5,8-9H,3,6-7H2,1-2H3,(H,12,15). The van der Waals surface area contributed by atoms with Gasteiger partial charge in [0.15, 0.2) is 5.65 Å². The van der Waals surface area contributed by atoms with Gasteiger partial charge in [0.05, 0.1) is 6.10 Å². The SMILES string of the molecule is CC(C)OCCCNc1ccc2nncn2n1. The Kier molecular flexibility index (Phi) is 3.87. The highest BCUT2D eigenvalue weighted by molar-refractivity contribution is 5.42. The molecular weight excluding hydrogens is 218 g/mol. The van der Waals surface area contributed by atoms with Crippen molar-refractivity contribution >= 4 is 11.5 Å². The van der Waals surface area contributed by atoms with Crippen LogP contribution in [0.25, 0.3) is 5.65 Å². The summed E-state index contributed by atoms with van der Waals surface area (Å²) < 4.78 is 7.10. The summed E-state index contributed by atoms with van der Waals surface area (Å²) in [6.07, 6.45) is 2.84. The summed E-state index contributed by atoms with van der Waals surface area (Å²) in [7, 11) is 0. The Bertz CT molecular complexity index is 468. The van der Waals surface area contributed by atoms with Crippen molar-refractivity contribution in [2.24, 2.45) is 0 Å². The molecule has 0 fully saturated rings.